The summed E-state index contributed by atoms with van der Waals surface area (Å²) in [5.74, 6) is -0.678. The van der Waals surface area contributed by atoms with Gasteiger partial charge in [0.25, 0.3) is 0 Å². The Morgan fingerprint density at radius 1 is 1.00 bits per heavy atom. The third-order valence-electron chi connectivity index (χ3n) is 3.69. The van der Waals surface area contributed by atoms with Crippen LogP contribution in [-0.4, -0.2) is 18.0 Å². The Balaban J connectivity index is 2.15. The molecule has 23 heavy (non-hydrogen) atoms. The summed E-state index contributed by atoms with van der Waals surface area (Å²) in [6.45, 7) is 1.31. The molecule has 1 aliphatic rings. The molecule has 3 rings (SSSR count). The van der Waals surface area contributed by atoms with Crippen LogP contribution in [0.5, 0.6) is 0 Å². The molecule has 0 bridgehead atoms. The van der Waals surface area contributed by atoms with Crippen molar-refractivity contribution in [1.29, 1.82) is 0 Å². The highest BCUT2D eigenvalue weighted by atomic mass is 16.7. The first-order valence-electron chi connectivity index (χ1n) is 7.31. The van der Waals surface area contributed by atoms with Gasteiger partial charge in [-0.05, 0) is 23.3 Å². The molecular weight excluding hydrogens is 292 g/mol. The molecule has 0 radical (unpaired) electrons. The van der Waals surface area contributed by atoms with Crippen molar-refractivity contribution < 1.29 is 19.1 Å². The van der Waals surface area contributed by atoms with Crippen LogP contribution in [0.15, 0.2) is 72.8 Å². The topological polar surface area (TPSA) is 52.6 Å². The summed E-state index contributed by atoms with van der Waals surface area (Å²) >= 11 is 0. The summed E-state index contributed by atoms with van der Waals surface area (Å²) in [6.07, 6.45) is 1.95. The van der Waals surface area contributed by atoms with Crippen LogP contribution in [0, 0.1) is 0 Å². The fourth-order valence-electron chi connectivity index (χ4n) is 2.71. The van der Waals surface area contributed by atoms with Gasteiger partial charge in [0.2, 0.25) is 6.29 Å². The smallest absolute Gasteiger partial charge is 0.305 e. The Labute approximate surface area is 134 Å². The van der Waals surface area contributed by atoms with Crippen molar-refractivity contribution in [3.63, 3.8) is 0 Å². The second kappa shape index (κ2) is 6.18. The molecular formula is C19H16O4. The summed E-state index contributed by atoms with van der Waals surface area (Å²) in [4.78, 5) is 24.1. The van der Waals surface area contributed by atoms with Gasteiger partial charge < -0.3 is 9.47 Å². The van der Waals surface area contributed by atoms with Crippen molar-refractivity contribution in [3.05, 3.63) is 83.9 Å². The number of esters is 1. The summed E-state index contributed by atoms with van der Waals surface area (Å²) in [6, 6.07) is 18.4. The van der Waals surface area contributed by atoms with Crippen molar-refractivity contribution in [3.8, 4) is 0 Å². The summed E-state index contributed by atoms with van der Waals surface area (Å²) < 4.78 is 11.1. The normalized spacial score (nSPS) is 19.3. The molecule has 1 heterocycles. The molecule has 4 heteroatoms. The lowest BCUT2D eigenvalue weighted by Crippen LogP contribution is -2.45. The molecule has 116 valence electrons. The second-order valence-corrected chi connectivity index (χ2v) is 5.23. The SMILES string of the molecule is CC(=O)OC1C=CC(=O)C(c2ccccc2)(c2ccccc2)O1. The largest absolute Gasteiger partial charge is 0.432 e. The fourth-order valence-corrected chi connectivity index (χ4v) is 2.71. The Morgan fingerprint density at radius 2 is 1.52 bits per heavy atom. The first-order valence-corrected chi connectivity index (χ1v) is 7.31. The van der Waals surface area contributed by atoms with E-state index >= 15 is 0 Å². The molecule has 0 saturated heterocycles. The molecule has 0 saturated carbocycles. The van der Waals surface area contributed by atoms with Crippen LogP contribution in [0.3, 0.4) is 0 Å². The predicted molar refractivity (Wildman–Crippen MR) is 84.5 cm³/mol. The van der Waals surface area contributed by atoms with E-state index in [1.165, 1.54) is 19.1 Å². The van der Waals surface area contributed by atoms with Gasteiger partial charge in [-0.15, -0.1) is 0 Å². The van der Waals surface area contributed by atoms with E-state index in [1.807, 2.05) is 60.7 Å². The average Bonchev–Trinajstić information content (AvgIpc) is 2.58. The van der Waals surface area contributed by atoms with Crippen molar-refractivity contribution in [2.24, 2.45) is 0 Å². The molecule has 4 nitrogen and oxygen atoms in total. The molecule has 1 aliphatic heterocycles. The first-order chi connectivity index (χ1) is 11.1. The Hall–Kier alpha value is -2.72. The van der Waals surface area contributed by atoms with E-state index in [-0.39, 0.29) is 5.78 Å². The number of ether oxygens (including phenoxy) is 2. The van der Waals surface area contributed by atoms with Gasteiger partial charge in [-0.3, -0.25) is 9.59 Å². The minimum Gasteiger partial charge on any atom is -0.432 e. The van der Waals surface area contributed by atoms with E-state index in [4.69, 9.17) is 9.47 Å². The number of hydrogen-bond acceptors (Lipinski definition) is 4. The molecule has 0 spiro atoms. The minimum atomic E-state index is -1.32. The lowest BCUT2D eigenvalue weighted by molar-refractivity contribution is -0.195. The molecule has 0 aliphatic carbocycles. The maximum Gasteiger partial charge on any atom is 0.305 e. The third kappa shape index (κ3) is 2.81. The predicted octanol–water partition coefficient (Wildman–Crippen LogP) is 2.97. The molecule has 0 N–H and O–H groups in total. The maximum atomic E-state index is 12.8. The zero-order valence-corrected chi connectivity index (χ0v) is 12.6. The molecule has 0 aromatic heterocycles. The van der Waals surface area contributed by atoms with Crippen LogP contribution in [0.4, 0.5) is 0 Å². The van der Waals surface area contributed by atoms with Crippen LogP contribution >= 0.6 is 0 Å². The molecule has 0 fully saturated rings. The van der Waals surface area contributed by atoms with Gasteiger partial charge in [0, 0.05) is 6.92 Å². The Morgan fingerprint density at radius 3 is 2.00 bits per heavy atom. The Kier molecular flexibility index (Phi) is 4.08. The van der Waals surface area contributed by atoms with Gasteiger partial charge >= 0.3 is 5.97 Å². The number of ketones is 1. The maximum absolute atomic E-state index is 12.8. The molecule has 2 aromatic carbocycles. The zero-order chi connectivity index (χ0) is 16.3. The van der Waals surface area contributed by atoms with Gasteiger partial charge in [0.1, 0.15) is 0 Å². The van der Waals surface area contributed by atoms with Crippen molar-refractivity contribution in [2.45, 2.75) is 18.8 Å². The van der Waals surface area contributed by atoms with Crippen LogP contribution in [0.1, 0.15) is 18.1 Å². The highest BCUT2D eigenvalue weighted by Gasteiger charge is 2.46. The van der Waals surface area contributed by atoms with E-state index in [2.05, 4.69) is 0 Å². The zero-order valence-electron chi connectivity index (χ0n) is 12.6. The van der Waals surface area contributed by atoms with Crippen LogP contribution < -0.4 is 0 Å². The molecule has 2 aromatic rings. The van der Waals surface area contributed by atoms with E-state index in [9.17, 15) is 9.59 Å². The number of rotatable bonds is 3. The van der Waals surface area contributed by atoms with Crippen LogP contribution in [0.25, 0.3) is 0 Å². The van der Waals surface area contributed by atoms with Gasteiger partial charge in [-0.2, -0.15) is 0 Å². The van der Waals surface area contributed by atoms with Crippen molar-refractivity contribution in [2.75, 3.05) is 0 Å². The standard InChI is InChI=1S/C19H16O4/c1-14(20)22-18-13-12-17(21)19(23-18,15-8-4-2-5-9-15)16-10-6-3-7-11-16/h2-13,18H,1H3. The monoisotopic (exact) mass is 308 g/mol. The number of carbonyl (C=O) groups is 2. The first kappa shape index (κ1) is 15.2. The summed E-state index contributed by atoms with van der Waals surface area (Å²) in [5, 5.41) is 0. The quantitative estimate of drug-likeness (QED) is 0.818. The van der Waals surface area contributed by atoms with Crippen LogP contribution in [0.2, 0.25) is 0 Å². The Bertz CT molecular complexity index is 695. The number of benzene rings is 2. The summed E-state index contributed by atoms with van der Waals surface area (Å²) in [5.41, 5.74) is 0.0626. The van der Waals surface area contributed by atoms with E-state index in [0.717, 1.165) is 0 Å². The second-order valence-electron chi connectivity index (χ2n) is 5.23. The average molecular weight is 308 g/mol. The molecule has 1 unspecified atom stereocenters. The lowest BCUT2D eigenvalue weighted by atomic mass is 9.81. The van der Waals surface area contributed by atoms with Gasteiger partial charge in [0.05, 0.1) is 0 Å². The van der Waals surface area contributed by atoms with Gasteiger partial charge in [-0.25, -0.2) is 0 Å². The highest BCUT2D eigenvalue weighted by Crippen LogP contribution is 2.38. The van der Waals surface area contributed by atoms with E-state index in [0.29, 0.717) is 11.1 Å². The minimum absolute atomic E-state index is 0.210. The van der Waals surface area contributed by atoms with Crippen molar-refractivity contribution >= 4 is 11.8 Å². The van der Waals surface area contributed by atoms with E-state index in [1.54, 1.807) is 0 Å². The lowest BCUT2D eigenvalue weighted by Gasteiger charge is -2.37. The third-order valence-corrected chi connectivity index (χ3v) is 3.69. The number of carbonyl (C=O) groups excluding carboxylic acids is 2. The van der Waals surface area contributed by atoms with Gasteiger partial charge in [-0.1, -0.05) is 60.7 Å². The summed E-state index contributed by atoms with van der Waals surface area (Å²) in [7, 11) is 0. The van der Waals surface area contributed by atoms with E-state index < -0.39 is 17.9 Å². The molecule has 1 atom stereocenters. The fraction of sp³-hybridized carbons (Fsp3) is 0.158. The highest BCUT2D eigenvalue weighted by molar-refractivity contribution is 6.01. The van der Waals surface area contributed by atoms with Gasteiger partial charge in [0.15, 0.2) is 11.4 Å². The molecule has 0 amide bonds. The van der Waals surface area contributed by atoms with Crippen LogP contribution in [-0.2, 0) is 24.7 Å². The van der Waals surface area contributed by atoms with Crippen molar-refractivity contribution in [1.82, 2.24) is 0 Å². The number of hydrogen-bond donors (Lipinski definition) is 0.